The van der Waals surface area contributed by atoms with Crippen molar-refractivity contribution in [3.05, 3.63) is 16.1 Å². The second kappa shape index (κ2) is 9.00. The number of ether oxygens (including phenoxy) is 1. The normalized spacial score (nSPS) is 29.4. The predicted octanol–water partition coefficient (Wildman–Crippen LogP) is 1.39. The molecule has 0 aliphatic carbocycles. The Morgan fingerprint density at radius 3 is 2.69 bits per heavy atom. The monoisotopic (exact) mass is 461 g/mol. The largest absolute Gasteiger partial charge is 0.381 e. The molecule has 1 aromatic rings. The minimum atomic E-state index is -0.389. The molecule has 4 fully saturated rings. The SMILES string of the molecule is Cc1ncsc1CN1CCC2(CC1)CC(=O)N1C[C@@H](N(C)C3CCOCC3)C[C@H]1C(=O)N2. The molecule has 4 aliphatic heterocycles. The highest BCUT2D eigenvalue weighted by Crippen LogP contribution is 2.34. The molecule has 4 saturated heterocycles. The molecule has 32 heavy (non-hydrogen) atoms. The number of aromatic nitrogens is 1. The van der Waals surface area contributed by atoms with Gasteiger partial charge in [0.2, 0.25) is 11.8 Å². The lowest BCUT2D eigenvalue weighted by Gasteiger charge is -2.41. The van der Waals surface area contributed by atoms with Crippen molar-refractivity contribution in [2.75, 3.05) is 39.9 Å². The fourth-order valence-electron chi connectivity index (χ4n) is 5.93. The molecule has 0 aromatic carbocycles. The quantitative estimate of drug-likeness (QED) is 0.730. The first-order valence-corrected chi connectivity index (χ1v) is 12.8. The number of nitrogens with one attached hydrogen (secondary N) is 1. The Bertz CT molecular complexity index is 818. The number of likely N-dealkylation sites (tertiary alicyclic amines) is 1. The Hall–Kier alpha value is -1.55. The number of carbonyl (C=O) groups excluding carboxylic acids is 2. The number of amides is 2. The lowest BCUT2D eigenvalue weighted by atomic mass is 9.84. The van der Waals surface area contributed by atoms with Crippen molar-refractivity contribution in [2.45, 2.75) is 75.7 Å². The van der Waals surface area contributed by atoms with Crippen LogP contribution >= 0.6 is 11.3 Å². The van der Waals surface area contributed by atoms with Crippen LogP contribution in [0.25, 0.3) is 0 Å². The van der Waals surface area contributed by atoms with Crippen LogP contribution in [0, 0.1) is 6.92 Å². The zero-order valence-electron chi connectivity index (χ0n) is 19.2. The summed E-state index contributed by atoms with van der Waals surface area (Å²) in [6.45, 7) is 7.02. The van der Waals surface area contributed by atoms with Gasteiger partial charge in [0.25, 0.3) is 0 Å². The van der Waals surface area contributed by atoms with E-state index in [9.17, 15) is 9.59 Å². The molecule has 0 unspecified atom stereocenters. The van der Waals surface area contributed by atoms with Crippen molar-refractivity contribution in [3.8, 4) is 0 Å². The van der Waals surface area contributed by atoms with Crippen molar-refractivity contribution in [2.24, 2.45) is 0 Å². The molecule has 2 amide bonds. The number of piperidine rings is 1. The molecule has 0 saturated carbocycles. The predicted molar refractivity (Wildman–Crippen MR) is 122 cm³/mol. The van der Waals surface area contributed by atoms with E-state index in [0.717, 1.165) is 70.6 Å². The number of thiazole rings is 1. The summed E-state index contributed by atoms with van der Waals surface area (Å²) in [7, 11) is 2.15. The summed E-state index contributed by atoms with van der Waals surface area (Å²) in [4.78, 5) is 38.9. The molecule has 176 valence electrons. The van der Waals surface area contributed by atoms with Gasteiger partial charge in [0.05, 0.1) is 23.2 Å². The third-order valence-electron chi connectivity index (χ3n) is 8.15. The smallest absolute Gasteiger partial charge is 0.243 e. The zero-order valence-corrected chi connectivity index (χ0v) is 20.0. The van der Waals surface area contributed by atoms with E-state index in [1.807, 2.05) is 10.4 Å². The van der Waals surface area contributed by atoms with Crippen LogP contribution in [0.2, 0.25) is 0 Å². The Morgan fingerprint density at radius 1 is 1.25 bits per heavy atom. The summed E-state index contributed by atoms with van der Waals surface area (Å²) in [6.07, 6.45) is 4.87. The number of likely N-dealkylation sites (N-methyl/N-ethyl adjacent to an activating group) is 1. The summed E-state index contributed by atoms with van der Waals surface area (Å²) >= 11 is 1.70. The molecule has 9 heteroatoms. The average Bonchev–Trinajstić information content (AvgIpc) is 3.40. The van der Waals surface area contributed by atoms with Crippen molar-refractivity contribution in [3.63, 3.8) is 0 Å². The van der Waals surface area contributed by atoms with Gasteiger partial charge in [-0.25, -0.2) is 4.98 Å². The van der Waals surface area contributed by atoms with Crippen molar-refractivity contribution in [1.82, 2.24) is 25.0 Å². The van der Waals surface area contributed by atoms with Crippen LogP contribution in [0.5, 0.6) is 0 Å². The van der Waals surface area contributed by atoms with Gasteiger partial charge in [-0.1, -0.05) is 0 Å². The molecule has 5 rings (SSSR count). The molecule has 0 bridgehead atoms. The molecule has 4 aliphatic rings. The standard InChI is InChI=1S/C23H35N5O3S/c1-16-20(32-15-24-16)14-27-7-5-23(6-8-27)12-21(29)28-13-18(11-19(28)22(30)25-23)26(2)17-3-9-31-10-4-17/h15,17-19H,3-14H2,1-2H3,(H,25,30)/t18-,19-/m0/s1. The third kappa shape index (κ3) is 4.32. The maximum Gasteiger partial charge on any atom is 0.243 e. The van der Waals surface area contributed by atoms with Gasteiger partial charge >= 0.3 is 0 Å². The number of nitrogens with zero attached hydrogens (tertiary/aromatic N) is 4. The molecule has 1 N–H and O–H groups in total. The van der Waals surface area contributed by atoms with Crippen LogP contribution in [0.3, 0.4) is 0 Å². The lowest BCUT2D eigenvalue weighted by molar-refractivity contribution is -0.135. The number of carbonyl (C=O) groups is 2. The number of rotatable bonds is 4. The maximum atomic E-state index is 13.3. The van der Waals surface area contributed by atoms with Crippen LogP contribution in [0.15, 0.2) is 5.51 Å². The second-order valence-electron chi connectivity index (χ2n) is 10.0. The highest BCUT2D eigenvalue weighted by atomic mass is 32.1. The Labute approximate surface area is 194 Å². The van der Waals surface area contributed by atoms with E-state index in [-0.39, 0.29) is 29.4 Å². The highest BCUT2D eigenvalue weighted by molar-refractivity contribution is 7.09. The molecular weight excluding hydrogens is 426 g/mol. The fraction of sp³-hybridized carbons (Fsp3) is 0.783. The molecule has 0 radical (unpaired) electrons. The van der Waals surface area contributed by atoms with Crippen LogP contribution in [0.1, 0.15) is 49.1 Å². The lowest BCUT2D eigenvalue weighted by Crippen LogP contribution is -2.56. The van der Waals surface area contributed by atoms with Crippen LogP contribution in [-0.2, 0) is 20.9 Å². The van der Waals surface area contributed by atoms with E-state index >= 15 is 0 Å². The Kier molecular flexibility index (Phi) is 6.26. The van der Waals surface area contributed by atoms with E-state index in [4.69, 9.17) is 4.74 Å². The maximum absolute atomic E-state index is 13.3. The zero-order chi connectivity index (χ0) is 22.3. The number of fused-ring (bicyclic) bond motifs is 1. The summed E-state index contributed by atoms with van der Waals surface area (Å²) in [5.74, 6) is 0.188. The van der Waals surface area contributed by atoms with Crippen molar-refractivity contribution >= 4 is 23.2 Å². The summed E-state index contributed by atoms with van der Waals surface area (Å²) in [5, 5.41) is 3.35. The molecule has 1 aromatic heterocycles. The van der Waals surface area contributed by atoms with E-state index in [2.05, 4.69) is 34.1 Å². The summed E-state index contributed by atoms with van der Waals surface area (Å²) < 4.78 is 5.50. The second-order valence-corrected chi connectivity index (χ2v) is 11.0. The van der Waals surface area contributed by atoms with Crippen LogP contribution in [0.4, 0.5) is 0 Å². The minimum Gasteiger partial charge on any atom is -0.381 e. The molecule has 2 atom stereocenters. The number of hydrogen-bond donors (Lipinski definition) is 1. The summed E-state index contributed by atoms with van der Waals surface area (Å²) in [5.41, 5.74) is 2.62. The molecule has 1 spiro atoms. The first kappa shape index (κ1) is 22.3. The minimum absolute atomic E-state index is 0.0467. The van der Waals surface area contributed by atoms with Crippen molar-refractivity contribution < 1.29 is 14.3 Å². The molecule has 8 nitrogen and oxygen atoms in total. The Morgan fingerprint density at radius 2 is 2.00 bits per heavy atom. The average molecular weight is 462 g/mol. The van der Waals surface area contributed by atoms with Gasteiger partial charge in [-0.05, 0) is 46.1 Å². The van der Waals surface area contributed by atoms with Gasteiger partial charge in [-0.2, -0.15) is 0 Å². The van der Waals surface area contributed by atoms with Gasteiger partial charge in [0.15, 0.2) is 0 Å². The van der Waals surface area contributed by atoms with E-state index in [0.29, 0.717) is 19.0 Å². The Balaban J connectivity index is 1.21. The molecular formula is C23H35N5O3S. The van der Waals surface area contributed by atoms with Gasteiger partial charge in [-0.3, -0.25) is 19.4 Å². The van der Waals surface area contributed by atoms with E-state index in [1.54, 1.807) is 11.3 Å². The topological polar surface area (TPSA) is 78.0 Å². The van der Waals surface area contributed by atoms with Crippen LogP contribution in [-0.4, -0.2) is 95.1 Å². The van der Waals surface area contributed by atoms with Crippen molar-refractivity contribution in [1.29, 1.82) is 0 Å². The van der Waals surface area contributed by atoms with Gasteiger partial charge in [0.1, 0.15) is 6.04 Å². The highest BCUT2D eigenvalue weighted by Gasteiger charge is 2.49. The summed E-state index contributed by atoms with van der Waals surface area (Å²) in [6, 6.07) is 0.400. The first-order chi connectivity index (χ1) is 15.4. The number of aryl methyl sites for hydroxylation is 1. The van der Waals surface area contributed by atoms with E-state index < -0.39 is 0 Å². The van der Waals surface area contributed by atoms with Gasteiger partial charge in [-0.15, -0.1) is 11.3 Å². The van der Waals surface area contributed by atoms with Crippen LogP contribution < -0.4 is 5.32 Å². The fourth-order valence-corrected chi connectivity index (χ4v) is 6.74. The van der Waals surface area contributed by atoms with Gasteiger partial charge < -0.3 is 15.0 Å². The van der Waals surface area contributed by atoms with Gasteiger partial charge in [0, 0.05) is 56.4 Å². The number of hydrogen-bond acceptors (Lipinski definition) is 7. The third-order valence-corrected chi connectivity index (χ3v) is 9.07. The molecule has 5 heterocycles. The van der Waals surface area contributed by atoms with E-state index in [1.165, 1.54) is 4.88 Å². The first-order valence-electron chi connectivity index (χ1n) is 12.0.